The van der Waals surface area contributed by atoms with E-state index in [0.717, 1.165) is 16.1 Å². The predicted molar refractivity (Wildman–Crippen MR) is 112 cm³/mol. The number of pyridine rings is 1. The van der Waals surface area contributed by atoms with Gasteiger partial charge in [-0.15, -0.1) is 11.3 Å². The Balaban J connectivity index is 1.67. The third-order valence-electron chi connectivity index (χ3n) is 4.34. The maximum absolute atomic E-state index is 12.9. The van der Waals surface area contributed by atoms with Crippen LogP contribution in [0.3, 0.4) is 0 Å². The van der Waals surface area contributed by atoms with E-state index in [1.807, 2.05) is 84.4 Å². The molecule has 0 aliphatic heterocycles. The van der Waals surface area contributed by atoms with Crippen LogP contribution in [0.25, 0.3) is 10.6 Å². The Hall–Kier alpha value is -3.31. The molecule has 2 aromatic heterocycles. The molecule has 4 aromatic rings. The van der Waals surface area contributed by atoms with E-state index in [1.54, 1.807) is 0 Å². The molecular weight excluding hydrogens is 366 g/mol. The first-order valence-electron chi connectivity index (χ1n) is 9.02. The molecule has 0 atom stereocenters. The zero-order valence-electron chi connectivity index (χ0n) is 15.4. The van der Waals surface area contributed by atoms with Crippen LogP contribution in [0.1, 0.15) is 20.9 Å². The minimum absolute atomic E-state index is 0.259. The van der Waals surface area contributed by atoms with Crippen LogP contribution in [0.4, 0.5) is 0 Å². The number of aryl methyl sites for hydroxylation is 1. The number of thiazole rings is 1. The van der Waals surface area contributed by atoms with E-state index in [4.69, 9.17) is 0 Å². The van der Waals surface area contributed by atoms with Crippen LogP contribution in [0.5, 0.6) is 0 Å². The van der Waals surface area contributed by atoms with Gasteiger partial charge >= 0.3 is 0 Å². The summed E-state index contributed by atoms with van der Waals surface area (Å²) in [4.78, 5) is 22.4. The van der Waals surface area contributed by atoms with Gasteiger partial charge in [0.2, 0.25) is 0 Å². The van der Waals surface area contributed by atoms with Crippen molar-refractivity contribution in [2.75, 3.05) is 0 Å². The average Bonchev–Trinajstić information content (AvgIpc) is 3.13. The second-order valence-corrected chi connectivity index (χ2v) is 7.39. The topological polar surface area (TPSA) is 47.2 Å². The summed E-state index contributed by atoms with van der Waals surface area (Å²) in [6, 6.07) is 25.7. The normalized spacial score (nSPS) is 11.5. The molecule has 4 nitrogen and oxygen atoms in total. The van der Waals surface area contributed by atoms with Gasteiger partial charge in [-0.25, -0.2) is 4.98 Å². The molecule has 0 fully saturated rings. The lowest BCUT2D eigenvalue weighted by Gasteiger charge is -2.07. The summed E-state index contributed by atoms with van der Waals surface area (Å²) < 4.78 is 1.97. The van der Waals surface area contributed by atoms with Gasteiger partial charge in [0.05, 0.1) is 5.69 Å². The molecule has 0 N–H and O–H groups in total. The zero-order valence-corrected chi connectivity index (χ0v) is 16.3. The number of hydrogen-bond donors (Lipinski definition) is 0. The third-order valence-corrected chi connectivity index (χ3v) is 5.53. The van der Waals surface area contributed by atoms with Gasteiger partial charge in [0.1, 0.15) is 15.4 Å². The maximum Gasteiger partial charge on any atom is 0.290 e. The third kappa shape index (κ3) is 4.00. The standard InChI is InChI=1S/C23H19N3OS/c1-17-21(28-23(24-17)19-12-6-3-7-13-19)22(27)25-20-14-8-9-15-26(20)16-18-10-4-2-5-11-18/h2-15H,16H2,1H3. The van der Waals surface area contributed by atoms with Crippen molar-refractivity contribution >= 4 is 17.2 Å². The lowest BCUT2D eigenvalue weighted by Crippen LogP contribution is -2.22. The van der Waals surface area contributed by atoms with Crippen molar-refractivity contribution in [1.82, 2.24) is 9.55 Å². The van der Waals surface area contributed by atoms with E-state index in [0.29, 0.717) is 22.6 Å². The molecule has 0 unspecified atom stereocenters. The predicted octanol–water partition coefficient (Wildman–Crippen LogP) is 4.71. The van der Waals surface area contributed by atoms with Crippen LogP contribution in [0.2, 0.25) is 0 Å². The zero-order chi connectivity index (χ0) is 19.3. The van der Waals surface area contributed by atoms with Crippen LogP contribution in [0.15, 0.2) is 90.1 Å². The van der Waals surface area contributed by atoms with Crippen LogP contribution >= 0.6 is 11.3 Å². The quantitative estimate of drug-likeness (QED) is 0.511. The van der Waals surface area contributed by atoms with E-state index in [1.165, 1.54) is 11.3 Å². The highest BCUT2D eigenvalue weighted by atomic mass is 32.1. The largest absolute Gasteiger partial charge is 0.328 e. The lowest BCUT2D eigenvalue weighted by atomic mass is 10.2. The van der Waals surface area contributed by atoms with Crippen molar-refractivity contribution in [3.05, 3.63) is 107 Å². The van der Waals surface area contributed by atoms with Gasteiger partial charge in [-0.1, -0.05) is 66.7 Å². The fourth-order valence-corrected chi connectivity index (χ4v) is 3.89. The number of hydrogen-bond acceptors (Lipinski definition) is 3. The summed E-state index contributed by atoms with van der Waals surface area (Å²) in [5.41, 5.74) is 3.50. The Morgan fingerprint density at radius 1 is 0.964 bits per heavy atom. The first kappa shape index (κ1) is 18.1. The molecule has 0 spiro atoms. The average molecular weight is 385 g/mol. The molecule has 0 saturated carbocycles. The first-order chi connectivity index (χ1) is 13.7. The van der Waals surface area contributed by atoms with Crippen LogP contribution in [-0.4, -0.2) is 15.5 Å². The second kappa shape index (κ2) is 8.15. The molecule has 2 aromatic carbocycles. The van der Waals surface area contributed by atoms with Crippen molar-refractivity contribution < 1.29 is 4.79 Å². The second-order valence-electron chi connectivity index (χ2n) is 6.39. The van der Waals surface area contributed by atoms with Gasteiger partial charge in [-0.05, 0) is 24.6 Å². The monoisotopic (exact) mass is 385 g/mol. The van der Waals surface area contributed by atoms with Crippen molar-refractivity contribution in [3.8, 4) is 10.6 Å². The molecule has 0 aliphatic carbocycles. The Morgan fingerprint density at radius 3 is 2.39 bits per heavy atom. The van der Waals surface area contributed by atoms with Gasteiger partial charge in [-0.3, -0.25) is 4.79 Å². The Bertz CT molecular complexity index is 1160. The minimum atomic E-state index is -0.259. The summed E-state index contributed by atoms with van der Waals surface area (Å²) in [5, 5.41) is 0.835. The summed E-state index contributed by atoms with van der Waals surface area (Å²) >= 11 is 1.39. The van der Waals surface area contributed by atoms with E-state index in [-0.39, 0.29) is 5.91 Å². The SMILES string of the molecule is Cc1nc(-c2ccccc2)sc1C(=O)N=c1ccccn1Cc1ccccc1. The fourth-order valence-electron chi connectivity index (χ4n) is 2.94. The lowest BCUT2D eigenvalue weighted by molar-refractivity contribution is 0.1000. The molecule has 4 rings (SSSR count). The molecule has 5 heteroatoms. The van der Waals surface area contributed by atoms with Crippen molar-refractivity contribution in [1.29, 1.82) is 0 Å². The molecule has 0 saturated heterocycles. The molecule has 0 bridgehead atoms. The fraction of sp³-hybridized carbons (Fsp3) is 0.0870. The first-order valence-corrected chi connectivity index (χ1v) is 9.83. The number of amides is 1. The maximum atomic E-state index is 12.9. The van der Waals surface area contributed by atoms with Crippen molar-refractivity contribution in [3.63, 3.8) is 0 Å². The van der Waals surface area contributed by atoms with Crippen LogP contribution < -0.4 is 5.49 Å². The van der Waals surface area contributed by atoms with Gasteiger partial charge in [-0.2, -0.15) is 4.99 Å². The van der Waals surface area contributed by atoms with E-state index in [2.05, 4.69) is 22.1 Å². The van der Waals surface area contributed by atoms with E-state index in [9.17, 15) is 4.79 Å². The number of carbonyl (C=O) groups is 1. The van der Waals surface area contributed by atoms with E-state index < -0.39 is 0 Å². The summed E-state index contributed by atoms with van der Waals surface area (Å²) in [7, 11) is 0. The summed E-state index contributed by atoms with van der Waals surface area (Å²) in [6.45, 7) is 2.51. The highest BCUT2D eigenvalue weighted by Crippen LogP contribution is 2.28. The van der Waals surface area contributed by atoms with Crippen LogP contribution in [0, 0.1) is 6.92 Å². The number of rotatable bonds is 4. The molecule has 1 amide bonds. The van der Waals surface area contributed by atoms with Gasteiger partial charge < -0.3 is 4.57 Å². The number of aromatic nitrogens is 2. The Labute approximate surface area is 167 Å². The molecule has 0 radical (unpaired) electrons. The summed E-state index contributed by atoms with van der Waals surface area (Å²) in [6.07, 6.45) is 1.94. The molecule has 138 valence electrons. The smallest absolute Gasteiger partial charge is 0.290 e. The number of carbonyl (C=O) groups excluding carboxylic acids is 1. The number of benzene rings is 2. The molecule has 0 aliphatic rings. The summed E-state index contributed by atoms with van der Waals surface area (Å²) in [5.74, 6) is -0.259. The van der Waals surface area contributed by atoms with Crippen molar-refractivity contribution in [2.24, 2.45) is 4.99 Å². The van der Waals surface area contributed by atoms with Gasteiger partial charge in [0.15, 0.2) is 0 Å². The number of nitrogens with zero attached hydrogens (tertiary/aromatic N) is 3. The molecule has 2 heterocycles. The van der Waals surface area contributed by atoms with Crippen molar-refractivity contribution in [2.45, 2.75) is 13.5 Å². The minimum Gasteiger partial charge on any atom is -0.328 e. The Morgan fingerprint density at radius 2 is 1.64 bits per heavy atom. The highest BCUT2D eigenvalue weighted by Gasteiger charge is 2.15. The van der Waals surface area contributed by atoms with Gasteiger partial charge in [0, 0.05) is 18.3 Å². The van der Waals surface area contributed by atoms with Gasteiger partial charge in [0.25, 0.3) is 5.91 Å². The van der Waals surface area contributed by atoms with Crippen LogP contribution in [-0.2, 0) is 6.54 Å². The Kier molecular flexibility index (Phi) is 5.26. The highest BCUT2D eigenvalue weighted by molar-refractivity contribution is 7.17. The molecular formula is C23H19N3OS. The molecule has 28 heavy (non-hydrogen) atoms. The van der Waals surface area contributed by atoms with E-state index >= 15 is 0 Å².